The van der Waals surface area contributed by atoms with Crippen molar-refractivity contribution in [1.29, 1.82) is 0 Å². The van der Waals surface area contributed by atoms with E-state index in [0.29, 0.717) is 32.4 Å². The first kappa shape index (κ1) is 21.1. The number of hydrogen-bond acceptors (Lipinski definition) is 6. The predicted molar refractivity (Wildman–Crippen MR) is 127 cm³/mol. The molecule has 8 heteroatoms. The largest absolute Gasteiger partial charge is 0.493 e. The predicted octanol–water partition coefficient (Wildman–Crippen LogP) is 6.00. The molecule has 0 spiro atoms. The van der Waals surface area contributed by atoms with Gasteiger partial charge in [-0.15, -0.1) is 11.3 Å². The third-order valence-corrected chi connectivity index (χ3v) is 6.33. The number of thiazole rings is 1. The van der Waals surface area contributed by atoms with Gasteiger partial charge in [-0.05, 0) is 38.8 Å². The van der Waals surface area contributed by atoms with Crippen LogP contribution < -0.4 is 19.5 Å². The quantitative estimate of drug-likeness (QED) is 0.352. The van der Waals surface area contributed by atoms with Crippen LogP contribution in [0, 0.1) is 0 Å². The number of methoxy groups -OCH3 is 3. The maximum Gasteiger partial charge on any atom is 0.258 e. The van der Waals surface area contributed by atoms with E-state index in [-0.39, 0.29) is 5.91 Å². The monoisotopic (exact) mass is 498 g/mol. The van der Waals surface area contributed by atoms with Crippen LogP contribution in [0.25, 0.3) is 22.0 Å². The lowest BCUT2D eigenvalue weighted by Crippen LogP contribution is -2.13. The molecule has 0 aliphatic carbocycles. The number of aromatic nitrogens is 1. The number of rotatable bonds is 6. The van der Waals surface area contributed by atoms with Crippen LogP contribution in [0.4, 0.5) is 5.13 Å². The number of ether oxygens (including phenoxy) is 3. The van der Waals surface area contributed by atoms with Crippen LogP contribution in [0.2, 0.25) is 0 Å². The van der Waals surface area contributed by atoms with Crippen molar-refractivity contribution in [2.75, 3.05) is 26.6 Å². The number of nitrogens with one attached hydrogen (secondary N) is 1. The third-order valence-electron chi connectivity index (χ3n) is 4.78. The molecule has 4 rings (SSSR count). The molecule has 6 nitrogen and oxygen atoms in total. The molecule has 4 aromatic rings. The molecule has 158 valence electrons. The third kappa shape index (κ3) is 4.08. The van der Waals surface area contributed by atoms with E-state index in [4.69, 9.17) is 14.2 Å². The summed E-state index contributed by atoms with van der Waals surface area (Å²) in [6.07, 6.45) is 0. The molecule has 3 aromatic carbocycles. The SMILES string of the molecule is COc1cc(C(=O)Nc2nc(-c3ccc4ccccc4c3)cs2)c(Br)c(OC)c1OC. The number of anilines is 1. The first-order valence-electron chi connectivity index (χ1n) is 9.30. The number of nitrogens with zero attached hydrogens (tertiary/aromatic N) is 1. The van der Waals surface area contributed by atoms with E-state index in [9.17, 15) is 4.79 Å². The Labute approximate surface area is 191 Å². The van der Waals surface area contributed by atoms with Gasteiger partial charge in [0, 0.05) is 10.9 Å². The van der Waals surface area contributed by atoms with Gasteiger partial charge in [-0.25, -0.2) is 4.98 Å². The first-order chi connectivity index (χ1) is 15.0. The normalized spacial score (nSPS) is 10.7. The molecule has 0 radical (unpaired) electrons. The lowest BCUT2D eigenvalue weighted by atomic mass is 10.1. The summed E-state index contributed by atoms with van der Waals surface area (Å²) in [5.41, 5.74) is 2.14. The molecule has 1 N–H and O–H groups in total. The molecule has 1 heterocycles. The van der Waals surface area contributed by atoms with E-state index in [2.05, 4.69) is 50.5 Å². The number of fused-ring (bicyclic) bond motifs is 1. The molecule has 0 saturated heterocycles. The Bertz CT molecular complexity index is 1270. The average molecular weight is 499 g/mol. The van der Waals surface area contributed by atoms with Gasteiger partial charge in [0.05, 0.1) is 37.1 Å². The van der Waals surface area contributed by atoms with Crippen LogP contribution in [-0.2, 0) is 0 Å². The fourth-order valence-electron chi connectivity index (χ4n) is 3.26. The number of hydrogen-bond donors (Lipinski definition) is 1. The van der Waals surface area contributed by atoms with Gasteiger partial charge in [0.2, 0.25) is 5.75 Å². The van der Waals surface area contributed by atoms with Gasteiger partial charge in [0.15, 0.2) is 16.6 Å². The Balaban J connectivity index is 1.62. The highest BCUT2D eigenvalue weighted by molar-refractivity contribution is 9.10. The van der Waals surface area contributed by atoms with Gasteiger partial charge in [0.1, 0.15) is 0 Å². The Hall–Kier alpha value is -3.10. The maximum atomic E-state index is 13.0. The van der Waals surface area contributed by atoms with Crippen LogP contribution in [0.5, 0.6) is 17.2 Å². The Kier molecular flexibility index (Phi) is 6.11. The van der Waals surface area contributed by atoms with Gasteiger partial charge >= 0.3 is 0 Å². The second kappa shape index (κ2) is 8.95. The summed E-state index contributed by atoms with van der Waals surface area (Å²) >= 11 is 4.80. The van der Waals surface area contributed by atoms with Crippen molar-refractivity contribution < 1.29 is 19.0 Å². The highest BCUT2D eigenvalue weighted by atomic mass is 79.9. The smallest absolute Gasteiger partial charge is 0.258 e. The first-order valence-corrected chi connectivity index (χ1v) is 11.0. The van der Waals surface area contributed by atoms with E-state index in [0.717, 1.165) is 16.6 Å². The van der Waals surface area contributed by atoms with Crippen LogP contribution in [0.1, 0.15) is 10.4 Å². The molecule has 1 aromatic heterocycles. The second-order valence-electron chi connectivity index (χ2n) is 6.56. The van der Waals surface area contributed by atoms with Crippen LogP contribution in [-0.4, -0.2) is 32.2 Å². The van der Waals surface area contributed by atoms with Crippen molar-refractivity contribution in [3.63, 3.8) is 0 Å². The standard InChI is InChI=1S/C23H19BrN2O4S/c1-28-18-11-16(19(24)21(30-3)20(18)29-2)22(27)26-23-25-17(12-31-23)15-9-8-13-6-4-5-7-14(13)10-15/h4-12H,1-3H3,(H,25,26,27). The van der Waals surface area contributed by atoms with Crippen LogP contribution in [0.3, 0.4) is 0 Å². The van der Waals surface area contributed by atoms with E-state index in [1.807, 2.05) is 23.6 Å². The number of amides is 1. The highest BCUT2D eigenvalue weighted by Gasteiger charge is 2.23. The molecule has 0 bridgehead atoms. The van der Waals surface area contributed by atoms with Gasteiger partial charge in [-0.2, -0.15) is 0 Å². The minimum atomic E-state index is -0.342. The van der Waals surface area contributed by atoms with Gasteiger partial charge in [-0.3, -0.25) is 10.1 Å². The molecule has 0 unspecified atom stereocenters. The van der Waals surface area contributed by atoms with Crippen molar-refractivity contribution in [3.8, 4) is 28.5 Å². The topological polar surface area (TPSA) is 69.7 Å². The van der Waals surface area contributed by atoms with Crippen LogP contribution >= 0.6 is 27.3 Å². The van der Waals surface area contributed by atoms with Crippen molar-refractivity contribution >= 4 is 49.1 Å². The van der Waals surface area contributed by atoms with Crippen LogP contribution in [0.15, 0.2) is 58.4 Å². The van der Waals surface area contributed by atoms with Gasteiger partial charge in [-0.1, -0.05) is 36.4 Å². The van der Waals surface area contributed by atoms with Crippen molar-refractivity contribution in [2.24, 2.45) is 0 Å². The minimum absolute atomic E-state index is 0.342. The van der Waals surface area contributed by atoms with E-state index < -0.39 is 0 Å². The molecule has 1 amide bonds. The van der Waals surface area contributed by atoms with E-state index in [1.54, 1.807) is 6.07 Å². The summed E-state index contributed by atoms with van der Waals surface area (Å²) in [5.74, 6) is 0.832. The Morgan fingerprint density at radius 3 is 2.42 bits per heavy atom. The summed E-state index contributed by atoms with van der Waals surface area (Å²) in [5, 5.41) is 7.58. The Morgan fingerprint density at radius 2 is 1.71 bits per heavy atom. The molecule has 0 atom stereocenters. The van der Waals surface area contributed by atoms with Gasteiger partial charge < -0.3 is 14.2 Å². The average Bonchev–Trinajstić information content (AvgIpc) is 3.26. The van der Waals surface area contributed by atoms with Crippen molar-refractivity contribution in [3.05, 3.63) is 63.9 Å². The van der Waals surface area contributed by atoms with Crippen molar-refractivity contribution in [2.45, 2.75) is 0 Å². The second-order valence-corrected chi connectivity index (χ2v) is 8.21. The number of halogens is 1. The fraction of sp³-hybridized carbons (Fsp3) is 0.130. The van der Waals surface area contributed by atoms with E-state index in [1.165, 1.54) is 38.1 Å². The molecule has 0 aliphatic rings. The zero-order valence-electron chi connectivity index (χ0n) is 17.1. The summed E-state index contributed by atoms with van der Waals surface area (Å²) in [6, 6.07) is 15.9. The molecule has 0 saturated carbocycles. The highest BCUT2D eigenvalue weighted by Crippen LogP contribution is 2.45. The van der Waals surface area contributed by atoms with E-state index >= 15 is 0 Å². The molecule has 31 heavy (non-hydrogen) atoms. The number of benzene rings is 3. The molecule has 0 aliphatic heterocycles. The number of carbonyl (C=O) groups is 1. The van der Waals surface area contributed by atoms with Crippen molar-refractivity contribution in [1.82, 2.24) is 4.98 Å². The molecular weight excluding hydrogens is 480 g/mol. The lowest BCUT2D eigenvalue weighted by molar-refractivity contribution is 0.102. The maximum absolute atomic E-state index is 13.0. The summed E-state index contributed by atoms with van der Waals surface area (Å²) in [6.45, 7) is 0. The summed E-state index contributed by atoms with van der Waals surface area (Å²) < 4.78 is 16.6. The summed E-state index contributed by atoms with van der Waals surface area (Å²) in [4.78, 5) is 17.6. The zero-order valence-corrected chi connectivity index (χ0v) is 19.5. The summed E-state index contributed by atoms with van der Waals surface area (Å²) in [7, 11) is 4.51. The fourth-order valence-corrected chi connectivity index (χ4v) is 4.61. The molecule has 0 fully saturated rings. The molecular formula is C23H19BrN2O4S. The van der Waals surface area contributed by atoms with Gasteiger partial charge in [0.25, 0.3) is 5.91 Å². The lowest BCUT2D eigenvalue weighted by Gasteiger charge is -2.16. The Morgan fingerprint density at radius 1 is 0.968 bits per heavy atom. The number of carbonyl (C=O) groups excluding carboxylic acids is 1. The minimum Gasteiger partial charge on any atom is -0.493 e. The zero-order chi connectivity index (χ0) is 22.0.